The SMILES string of the molecule is O=C(NCc1ccc2c(c1)OCO2)c1cncc(C(=O)NCc2ccc3c(c2)OCO3)c1. The molecule has 5 rings (SSSR count). The van der Waals surface area contributed by atoms with Crippen LogP contribution in [0.15, 0.2) is 54.9 Å². The van der Waals surface area contributed by atoms with Gasteiger partial charge in [-0.1, -0.05) is 12.1 Å². The zero-order valence-corrected chi connectivity index (χ0v) is 16.9. The maximum Gasteiger partial charge on any atom is 0.253 e. The molecule has 9 heteroatoms. The summed E-state index contributed by atoms with van der Waals surface area (Å²) in [6.45, 7) is 0.993. The number of hydrogen-bond acceptors (Lipinski definition) is 7. The van der Waals surface area contributed by atoms with Gasteiger partial charge in [0.15, 0.2) is 23.0 Å². The van der Waals surface area contributed by atoms with Crippen LogP contribution in [0.1, 0.15) is 31.8 Å². The number of ether oxygens (including phenoxy) is 4. The summed E-state index contributed by atoms with van der Waals surface area (Å²) in [7, 11) is 0. The molecular weight excluding hydrogens is 414 g/mol. The number of carbonyl (C=O) groups is 2. The Morgan fingerprint density at radius 1 is 0.688 bits per heavy atom. The van der Waals surface area contributed by atoms with Gasteiger partial charge in [0, 0.05) is 25.5 Å². The van der Waals surface area contributed by atoms with Crippen molar-refractivity contribution in [1.29, 1.82) is 0 Å². The second kappa shape index (κ2) is 8.46. The lowest BCUT2D eigenvalue weighted by molar-refractivity contribution is 0.0950. The molecule has 2 N–H and O–H groups in total. The molecule has 0 radical (unpaired) electrons. The summed E-state index contributed by atoms with van der Waals surface area (Å²) >= 11 is 0. The van der Waals surface area contributed by atoms with Crippen molar-refractivity contribution in [3.8, 4) is 23.0 Å². The zero-order chi connectivity index (χ0) is 21.9. The van der Waals surface area contributed by atoms with Crippen LogP contribution in [0.4, 0.5) is 0 Å². The number of fused-ring (bicyclic) bond motifs is 2. The van der Waals surface area contributed by atoms with Gasteiger partial charge in [-0.3, -0.25) is 14.6 Å². The Labute approximate surface area is 183 Å². The smallest absolute Gasteiger partial charge is 0.253 e. The Balaban J connectivity index is 1.19. The van der Waals surface area contributed by atoms with E-state index in [9.17, 15) is 9.59 Å². The van der Waals surface area contributed by atoms with E-state index in [0.717, 1.165) is 11.1 Å². The van der Waals surface area contributed by atoms with Crippen LogP contribution in [0.3, 0.4) is 0 Å². The molecule has 2 aromatic carbocycles. The Kier molecular flexibility index (Phi) is 5.20. The minimum absolute atomic E-state index is 0.195. The first-order chi connectivity index (χ1) is 15.7. The highest BCUT2D eigenvalue weighted by Gasteiger charge is 2.16. The van der Waals surface area contributed by atoms with E-state index in [1.54, 1.807) is 12.1 Å². The molecule has 0 saturated heterocycles. The number of hydrogen-bond donors (Lipinski definition) is 2. The number of rotatable bonds is 6. The summed E-state index contributed by atoms with van der Waals surface area (Å²) in [5, 5.41) is 5.64. The number of nitrogens with zero attached hydrogens (tertiary/aromatic N) is 1. The monoisotopic (exact) mass is 433 g/mol. The van der Waals surface area contributed by atoms with Crippen molar-refractivity contribution in [2.45, 2.75) is 13.1 Å². The number of aromatic nitrogens is 1. The van der Waals surface area contributed by atoms with E-state index in [0.29, 0.717) is 47.2 Å². The van der Waals surface area contributed by atoms with Gasteiger partial charge < -0.3 is 29.6 Å². The maximum absolute atomic E-state index is 12.5. The molecule has 0 spiro atoms. The number of benzene rings is 2. The van der Waals surface area contributed by atoms with Gasteiger partial charge >= 0.3 is 0 Å². The van der Waals surface area contributed by atoms with Gasteiger partial charge in [-0.25, -0.2) is 0 Å². The van der Waals surface area contributed by atoms with Crippen LogP contribution in [0.5, 0.6) is 23.0 Å². The van der Waals surface area contributed by atoms with Crippen molar-refractivity contribution in [3.05, 3.63) is 77.1 Å². The first kappa shape index (κ1) is 19.7. The van der Waals surface area contributed by atoms with Crippen LogP contribution in [0.2, 0.25) is 0 Å². The number of carbonyl (C=O) groups excluding carboxylic acids is 2. The van der Waals surface area contributed by atoms with Crippen LogP contribution in [-0.4, -0.2) is 30.4 Å². The lowest BCUT2D eigenvalue weighted by Crippen LogP contribution is -2.25. The van der Waals surface area contributed by atoms with E-state index >= 15 is 0 Å². The van der Waals surface area contributed by atoms with Crippen molar-refractivity contribution in [2.75, 3.05) is 13.6 Å². The third-order valence-corrected chi connectivity index (χ3v) is 5.04. The second-order valence-electron chi connectivity index (χ2n) is 7.20. The van der Waals surface area contributed by atoms with Crippen molar-refractivity contribution in [2.24, 2.45) is 0 Å². The Morgan fingerprint density at radius 3 is 1.66 bits per heavy atom. The van der Waals surface area contributed by atoms with E-state index in [2.05, 4.69) is 15.6 Å². The van der Waals surface area contributed by atoms with Gasteiger partial charge in [0.25, 0.3) is 11.8 Å². The lowest BCUT2D eigenvalue weighted by atomic mass is 10.1. The molecular formula is C23H19N3O6. The Morgan fingerprint density at radius 2 is 1.16 bits per heavy atom. The molecule has 0 unspecified atom stereocenters. The number of nitrogens with one attached hydrogen (secondary N) is 2. The fourth-order valence-corrected chi connectivity index (χ4v) is 3.36. The summed E-state index contributed by atoms with van der Waals surface area (Å²) in [6, 6.07) is 12.5. The fraction of sp³-hybridized carbons (Fsp3) is 0.174. The van der Waals surface area contributed by atoms with Gasteiger partial charge in [-0.05, 0) is 41.5 Å². The standard InChI is InChI=1S/C23H19N3O6/c27-22(25-8-14-1-3-18-20(5-14)31-12-29-18)16-7-17(11-24-10-16)23(28)26-9-15-2-4-19-21(6-15)32-13-30-19/h1-7,10-11H,8-9,12-13H2,(H,25,27)(H,26,28). The zero-order valence-electron chi connectivity index (χ0n) is 16.9. The van der Waals surface area contributed by atoms with Crippen LogP contribution in [0, 0.1) is 0 Å². The minimum atomic E-state index is -0.333. The lowest BCUT2D eigenvalue weighted by Gasteiger charge is -2.09. The average molecular weight is 433 g/mol. The summed E-state index contributed by atoms with van der Waals surface area (Å²) in [5.74, 6) is 2.01. The number of amides is 2. The van der Waals surface area contributed by atoms with Gasteiger partial charge in [0.2, 0.25) is 13.6 Å². The van der Waals surface area contributed by atoms with Crippen LogP contribution in [0.25, 0.3) is 0 Å². The third-order valence-electron chi connectivity index (χ3n) is 5.04. The highest BCUT2D eigenvalue weighted by Crippen LogP contribution is 2.33. The quantitative estimate of drug-likeness (QED) is 0.615. The van der Waals surface area contributed by atoms with Crippen LogP contribution in [-0.2, 0) is 13.1 Å². The molecule has 3 heterocycles. The molecule has 2 aliphatic heterocycles. The second-order valence-corrected chi connectivity index (χ2v) is 7.20. The summed E-state index contributed by atoms with van der Waals surface area (Å²) in [5.41, 5.74) is 2.32. The van der Waals surface area contributed by atoms with E-state index in [-0.39, 0.29) is 25.4 Å². The van der Waals surface area contributed by atoms with Crippen molar-refractivity contribution < 1.29 is 28.5 Å². The Bertz CT molecular complexity index is 1110. The average Bonchev–Trinajstić information content (AvgIpc) is 3.49. The molecule has 0 saturated carbocycles. The van der Waals surface area contributed by atoms with E-state index in [4.69, 9.17) is 18.9 Å². The van der Waals surface area contributed by atoms with Crippen molar-refractivity contribution in [1.82, 2.24) is 15.6 Å². The highest BCUT2D eigenvalue weighted by molar-refractivity contribution is 5.99. The molecule has 0 fully saturated rings. The van der Waals surface area contributed by atoms with E-state index < -0.39 is 0 Å². The molecule has 2 aliphatic rings. The molecule has 2 amide bonds. The maximum atomic E-state index is 12.5. The van der Waals surface area contributed by atoms with Gasteiger partial charge in [-0.2, -0.15) is 0 Å². The van der Waals surface area contributed by atoms with E-state index in [1.807, 2.05) is 24.3 Å². The molecule has 0 aliphatic carbocycles. The van der Waals surface area contributed by atoms with Gasteiger partial charge in [0.05, 0.1) is 11.1 Å². The molecule has 162 valence electrons. The molecule has 9 nitrogen and oxygen atoms in total. The largest absolute Gasteiger partial charge is 0.454 e. The minimum Gasteiger partial charge on any atom is -0.454 e. The van der Waals surface area contributed by atoms with Gasteiger partial charge in [-0.15, -0.1) is 0 Å². The number of pyridine rings is 1. The topological polar surface area (TPSA) is 108 Å². The van der Waals surface area contributed by atoms with Crippen LogP contribution >= 0.6 is 0 Å². The van der Waals surface area contributed by atoms with Crippen molar-refractivity contribution >= 4 is 11.8 Å². The Hall–Kier alpha value is -4.27. The van der Waals surface area contributed by atoms with E-state index in [1.165, 1.54) is 18.5 Å². The first-order valence-electron chi connectivity index (χ1n) is 9.94. The van der Waals surface area contributed by atoms with Gasteiger partial charge in [0.1, 0.15) is 0 Å². The highest BCUT2D eigenvalue weighted by atomic mass is 16.7. The normalized spacial score (nSPS) is 13.0. The van der Waals surface area contributed by atoms with Crippen LogP contribution < -0.4 is 29.6 Å². The first-order valence-corrected chi connectivity index (χ1v) is 9.94. The summed E-state index contributed by atoms with van der Waals surface area (Å²) in [4.78, 5) is 29.1. The third kappa shape index (κ3) is 4.13. The predicted molar refractivity (Wildman–Crippen MR) is 112 cm³/mol. The summed E-state index contributed by atoms with van der Waals surface area (Å²) < 4.78 is 21.3. The summed E-state index contributed by atoms with van der Waals surface area (Å²) in [6.07, 6.45) is 2.84. The molecule has 1 aromatic heterocycles. The molecule has 32 heavy (non-hydrogen) atoms. The molecule has 3 aromatic rings. The molecule has 0 bridgehead atoms. The predicted octanol–water partition coefficient (Wildman–Crippen LogP) is 2.40. The van der Waals surface area contributed by atoms with Crippen molar-refractivity contribution in [3.63, 3.8) is 0 Å². The fourth-order valence-electron chi connectivity index (χ4n) is 3.36. The molecule has 0 atom stereocenters.